The highest BCUT2D eigenvalue weighted by molar-refractivity contribution is 9.10. The number of benzene rings is 1. The third-order valence-electron chi connectivity index (χ3n) is 2.97. The van der Waals surface area contributed by atoms with Crippen LogP contribution in [-0.2, 0) is 0 Å². The zero-order valence-electron chi connectivity index (χ0n) is 11.4. The Morgan fingerprint density at radius 2 is 2.00 bits per heavy atom. The van der Waals surface area contributed by atoms with Crippen molar-refractivity contribution >= 4 is 31.9 Å². The molecule has 0 fully saturated rings. The Labute approximate surface area is 136 Å². The normalized spacial score (nSPS) is 12.2. The Kier molecular flexibility index (Phi) is 5.57. The topological polar surface area (TPSA) is 34.2 Å². The number of methoxy groups -OCH3 is 1. The number of rotatable bonds is 5. The molecule has 2 aromatic rings. The van der Waals surface area contributed by atoms with Gasteiger partial charge in [-0.3, -0.25) is 4.98 Å². The van der Waals surface area contributed by atoms with Gasteiger partial charge >= 0.3 is 0 Å². The van der Waals surface area contributed by atoms with Gasteiger partial charge in [0, 0.05) is 26.9 Å². The van der Waals surface area contributed by atoms with Gasteiger partial charge in [-0.2, -0.15) is 0 Å². The van der Waals surface area contributed by atoms with E-state index in [-0.39, 0.29) is 6.04 Å². The summed E-state index contributed by atoms with van der Waals surface area (Å²) in [5.74, 6) is 0.860. The zero-order chi connectivity index (χ0) is 14.5. The molecule has 20 heavy (non-hydrogen) atoms. The smallest absolute Gasteiger partial charge is 0.124 e. The number of nitrogens with zero attached hydrogens (tertiary/aromatic N) is 1. The van der Waals surface area contributed by atoms with Crippen LogP contribution in [0.3, 0.4) is 0 Å². The van der Waals surface area contributed by atoms with Crippen LogP contribution in [0.25, 0.3) is 0 Å². The average Bonchev–Trinajstić information content (AvgIpc) is 2.44. The maximum absolute atomic E-state index is 5.49. The van der Waals surface area contributed by atoms with E-state index in [0.717, 1.165) is 32.4 Å². The third kappa shape index (κ3) is 3.59. The predicted molar refractivity (Wildman–Crippen MR) is 88.2 cm³/mol. The molecule has 0 spiro atoms. The molecular weight excluding hydrogens is 384 g/mol. The van der Waals surface area contributed by atoms with Crippen molar-refractivity contribution in [2.75, 3.05) is 13.7 Å². The van der Waals surface area contributed by atoms with Gasteiger partial charge in [-0.1, -0.05) is 22.9 Å². The van der Waals surface area contributed by atoms with Crippen LogP contribution >= 0.6 is 31.9 Å². The van der Waals surface area contributed by atoms with E-state index in [1.165, 1.54) is 0 Å². The molecule has 1 aromatic carbocycles. The number of aromatic nitrogens is 1. The average molecular weight is 400 g/mol. The van der Waals surface area contributed by atoms with Crippen LogP contribution < -0.4 is 10.1 Å². The molecule has 106 valence electrons. The Morgan fingerprint density at radius 3 is 2.65 bits per heavy atom. The Morgan fingerprint density at radius 1 is 1.20 bits per heavy atom. The lowest BCUT2D eigenvalue weighted by atomic mass is 9.99. The molecule has 5 heteroatoms. The maximum atomic E-state index is 5.49. The molecule has 0 saturated heterocycles. The van der Waals surface area contributed by atoms with Crippen LogP contribution in [0, 0.1) is 0 Å². The number of nitrogens with one attached hydrogen (secondary N) is 1. The molecule has 0 bridgehead atoms. The van der Waals surface area contributed by atoms with E-state index < -0.39 is 0 Å². The first-order valence-electron chi connectivity index (χ1n) is 6.33. The fourth-order valence-electron chi connectivity index (χ4n) is 2.13. The summed E-state index contributed by atoms with van der Waals surface area (Å²) in [4.78, 5) is 4.25. The van der Waals surface area contributed by atoms with E-state index in [4.69, 9.17) is 4.74 Å². The van der Waals surface area contributed by atoms with Crippen molar-refractivity contribution in [2.24, 2.45) is 0 Å². The minimum absolute atomic E-state index is 0.0393. The monoisotopic (exact) mass is 398 g/mol. The number of ether oxygens (including phenoxy) is 1. The lowest BCUT2D eigenvalue weighted by Crippen LogP contribution is -2.22. The molecule has 0 amide bonds. The van der Waals surface area contributed by atoms with Gasteiger partial charge in [-0.25, -0.2) is 0 Å². The first-order chi connectivity index (χ1) is 9.65. The first-order valence-corrected chi connectivity index (χ1v) is 7.91. The van der Waals surface area contributed by atoms with Crippen LogP contribution in [-0.4, -0.2) is 18.6 Å². The summed E-state index contributed by atoms with van der Waals surface area (Å²) >= 11 is 7.00. The number of hydrogen-bond acceptors (Lipinski definition) is 3. The van der Waals surface area contributed by atoms with Gasteiger partial charge in [-0.05, 0) is 52.3 Å². The summed E-state index contributed by atoms with van der Waals surface area (Å²) in [5.41, 5.74) is 2.18. The first kappa shape index (κ1) is 15.5. The summed E-state index contributed by atoms with van der Waals surface area (Å²) in [6.07, 6.45) is 3.66. The number of pyridine rings is 1. The van der Waals surface area contributed by atoms with Crippen LogP contribution in [0.4, 0.5) is 0 Å². The molecule has 2 rings (SSSR count). The van der Waals surface area contributed by atoms with E-state index >= 15 is 0 Å². The van der Waals surface area contributed by atoms with Crippen molar-refractivity contribution < 1.29 is 4.74 Å². The standard InChI is InChI=1S/C15H16Br2N2O/c1-3-19-15(10-6-12(17)9-18-8-10)13-7-11(16)4-5-14(13)20-2/h4-9,15,19H,3H2,1-2H3. The minimum atomic E-state index is 0.0393. The largest absolute Gasteiger partial charge is 0.496 e. The van der Waals surface area contributed by atoms with Gasteiger partial charge in [0.05, 0.1) is 13.2 Å². The van der Waals surface area contributed by atoms with Crippen molar-refractivity contribution in [1.29, 1.82) is 0 Å². The molecule has 3 nitrogen and oxygen atoms in total. The van der Waals surface area contributed by atoms with E-state index in [1.807, 2.05) is 18.3 Å². The second kappa shape index (κ2) is 7.20. The van der Waals surface area contributed by atoms with Crippen molar-refractivity contribution in [3.05, 3.63) is 56.7 Å². The van der Waals surface area contributed by atoms with Gasteiger partial charge in [-0.15, -0.1) is 0 Å². The van der Waals surface area contributed by atoms with Gasteiger partial charge in [0.1, 0.15) is 5.75 Å². The molecule has 1 aromatic heterocycles. The second-order valence-electron chi connectivity index (χ2n) is 4.31. The molecule has 1 N–H and O–H groups in total. The summed E-state index contributed by atoms with van der Waals surface area (Å²) in [6, 6.07) is 8.13. The molecule has 1 heterocycles. The second-order valence-corrected chi connectivity index (χ2v) is 6.14. The predicted octanol–water partition coefficient (Wildman–Crippen LogP) is 4.31. The summed E-state index contributed by atoms with van der Waals surface area (Å²) in [6.45, 7) is 2.94. The zero-order valence-corrected chi connectivity index (χ0v) is 14.5. The lowest BCUT2D eigenvalue weighted by molar-refractivity contribution is 0.404. The van der Waals surface area contributed by atoms with Crippen LogP contribution in [0.1, 0.15) is 24.1 Å². The summed E-state index contributed by atoms with van der Waals surface area (Å²) in [7, 11) is 1.69. The molecule has 1 atom stereocenters. The third-order valence-corrected chi connectivity index (χ3v) is 3.90. The lowest BCUT2D eigenvalue weighted by Gasteiger charge is -2.21. The molecule has 0 saturated carbocycles. The minimum Gasteiger partial charge on any atom is -0.496 e. The highest BCUT2D eigenvalue weighted by atomic mass is 79.9. The van der Waals surface area contributed by atoms with E-state index in [9.17, 15) is 0 Å². The van der Waals surface area contributed by atoms with E-state index in [1.54, 1.807) is 13.3 Å². The quantitative estimate of drug-likeness (QED) is 0.813. The Balaban J connectivity index is 2.50. The van der Waals surface area contributed by atoms with Crippen LogP contribution in [0.2, 0.25) is 0 Å². The highest BCUT2D eigenvalue weighted by Gasteiger charge is 2.18. The van der Waals surface area contributed by atoms with Crippen LogP contribution in [0.5, 0.6) is 5.75 Å². The molecule has 0 aliphatic heterocycles. The van der Waals surface area contributed by atoms with Gasteiger partial charge < -0.3 is 10.1 Å². The molecule has 0 radical (unpaired) electrons. The molecule has 0 aliphatic carbocycles. The maximum Gasteiger partial charge on any atom is 0.124 e. The molecule has 0 aliphatic rings. The van der Waals surface area contributed by atoms with Gasteiger partial charge in [0.15, 0.2) is 0 Å². The van der Waals surface area contributed by atoms with Crippen molar-refractivity contribution in [1.82, 2.24) is 10.3 Å². The number of hydrogen-bond donors (Lipinski definition) is 1. The van der Waals surface area contributed by atoms with Gasteiger partial charge in [0.25, 0.3) is 0 Å². The van der Waals surface area contributed by atoms with Gasteiger partial charge in [0.2, 0.25) is 0 Å². The fraction of sp³-hybridized carbons (Fsp3) is 0.267. The summed E-state index contributed by atoms with van der Waals surface area (Å²) in [5, 5.41) is 3.48. The highest BCUT2D eigenvalue weighted by Crippen LogP contribution is 2.32. The Hall–Kier alpha value is -0.910. The van der Waals surface area contributed by atoms with E-state index in [0.29, 0.717) is 0 Å². The van der Waals surface area contributed by atoms with Crippen molar-refractivity contribution in [3.63, 3.8) is 0 Å². The SMILES string of the molecule is CCNC(c1cncc(Br)c1)c1cc(Br)ccc1OC. The molecular formula is C15H16Br2N2O. The number of halogens is 2. The van der Waals surface area contributed by atoms with Crippen molar-refractivity contribution in [3.8, 4) is 5.75 Å². The van der Waals surface area contributed by atoms with Crippen LogP contribution in [0.15, 0.2) is 45.6 Å². The molecule has 1 unspecified atom stereocenters. The summed E-state index contributed by atoms with van der Waals surface area (Å²) < 4.78 is 7.48. The fourth-order valence-corrected chi connectivity index (χ4v) is 2.89. The van der Waals surface area contributed by atoms with E-state index in [2.05, 4.69) is 61.2 Å². The Bertz CT molecular complexity index is 590. The van der Waals surface area contributed by atoms with Crippen molar-refractivity contribution in [2.45, 2.75) is 13.0 Å².